The summed E-state index contributed by atoms with van der Waals surface area (Å²) in [6, 6.07) is 3.99. The van der Waals surface area contributed by atoms with Gasteiger partial charge in [-0.1, -0.05) is 0 Å². The first-order valence-electron chi connectivity index (χ1n) is 6.49. The summed E-state index contributed by atoms with van der Waals surface area (Å²) >= 11 is 0. The fourth-order valence-electron chi connectivity index (χ4n) is 1.86. The SMILES string of the molecule is O=Cc1ccc([N+](=O)[O-])c(Oc2ccc(F)cc2S(=O)(=O)C(F)(F)F)c1. The molecular weight excluding hydrogens is 386 g/mol. The quantitative estimate of drug-likeness (QED) is 0.333. The number of aldehydes is 1. The molecule has 0 radical (unpaired) electrons. The van der Waals surface area contributed by atoms with Crippen molar-refractivity contribution in [1.29, 1.82) is 0 Å². The second-order valence-electron chi connectivity index (χ2n) is 4.74. The number of hydrogen-bond acceptors (Lipinski definition) is 6. The van der Waals surface area contributed by atoms with Crippen molar-refractivity contribution in [3.8, 4) is 11.5 Å². The molecule has 0 fully saturated rings. The van der Waals surface area contributed by atoms with Crippen LogP contribution in [-0.2, 0) is 9.84 Å². The van der Waals surface area contributed by atoms with Crippen LogP contribution in [0, 0.1) is 15.9 Å². The predicted octanol–water partition coefficient (Wildman–Crippen LogP) is 3.63. The van der Waals surface area contributed by atoms with Gasteiger partial charge in [-0.3, -0.25) is 14.9 Å². The van der Waals surface area contributed by atoms with E-state index < -0.39 is 48.2 Å². The molecule has 2 aromatic rings. The number of carbonyl (C=O) groups excluding carboxylic acids is 1. The number of alkyl halides is 3. The highest BCUT2D eigenvalue weighted by Crippen LogP contribution is 2.39. The minimum atomic E-state index is -6.00. The monoisotopic (exact) mass is 393 g/mol. The third-order valence-electron chi connectivity index (χ3n) is 3.04. The smallest absolute Gasteiger partial charge is 0.449 e. The van der Waals surface area contributed by atoms with Gasteiger partial charge >= 0.3 is 11.2 Å². The van der Waals surface area contributed by atoms with Crippen molar-refractivity contribution < 1.29 is 40.4 Å². The lowest BCUT2D eigenvalue weighted by molar-refractivity contribution is -0.385. The summed E-state index contributed by atoms with van der Waals surface area (Å²) in [5.74, 6) is -2.98. The Morgan fingerprint density at radius 2 is 1.73 bits per heavy atom. The Kier molecular flexibility index (Phi) is 4.98. The highest BCUT2D eigenvalue weighted by atomic mass is 32.2. The van der Waals surface area contributed by atoms with Gasteiger partial charge in [-0.25, -0.2) is 12.8 Å². The van der Waals surface area contributed by atoms with E-state index in [-0.39, 0.29) is 17.9 Å². The van der Waals surface area contributed by atoms with E-state index in [2.05, 4.69) is 0 Å². The van der Waals surface area contributed by atoms with Crippen LogP contribution >= 0.6 is 0 Å². The summed E-state index contributed by atoms with van der Waals surface area (Å²) in [7, 11) is -6.00. The molecule has 0 heterocycles. The Bertz CT molecular complexity index is 987. The van der Waals surface area contributed by atoms with Gasteiger partial charge in [0.25, 0.3) is 9.84 Å². The second kappa shape index (κ2) is 6.71. The minimum absolute atomic E-state index is 0.0769. The molecule has 26 heavy (non-hydrogen) atoms. The van der Waals surface area contributed by atoms with Gasteiger partial charge in [-0.2, -0.15) is 13.2 Å². The summed E-state index contributed by atoms with van der Waals surface area (Å²) in [5, 5.41) is 11.0. The number of ether oxygens (including phenoxy) is 1. The Morgan fingerprint density at radius 3 is 2.27 bits per heavy atom. The summed E-state index contributed by atoms with van der Waals surface area (Å²) in [5.41, 5.74) is -6.61. The van der Waals surface area contributed by atoms with E-state index in [0.717, 1.165) is 18.2 Å². The van der Waals surface area contributed by atoms with E-state index in [0.29, 0.717) is 12.1 Å². The Morgan fingerprint density at radius 1 is 1.08 bits per heavy atom. The average Bonchev–Trinajstić information content (AvgIpc) is 2.55. The van der Waals surface area contributed by atoms with Gasteiger partial charge in [0, 0.05) is 11.6 Å². The molecule has 0 amide bonds. The van der Waals surface area contributed by atoms with E-state index in [9.17, 15) is 40.9 Å². The lowest BCUT2D eigenvalue weighted by Crippen LogP contribution is -2.23. The van der Waals surface area contributed by atoms with Gasteiger partial charge in [0.1, 0.15) is 22.7 Å². The maximum Gasteiger partial charge on any atom is 0.502 e. The molecule has 0 N–H and O–H groups in total. The molecular formula is C14H7F4NO6S. The Labute approximate surface area is 142 Å². The van der Waals surface area contributed by atoms with Crippen molar-refractivity contribution >= 4 is 21.8 Å². The summed E-state index contributed by atoms with van der Waals surface area (Å²) in [4.78, 5) is 19.2. The number of hydrogen-bond donors (Lipinski definition) is 0. The van der Waals surface area contributed by atoms with Crippen molar-refractivity contribution in [1.82, 2.24) is 0 Å². The summed E-state index contributed by atoms with van der Waals surface area (Å²) in [6.07, 6.45) is 0.286. The third-order valence-corrected chi connectivity index (χ3v) is 4.54. The third kappa shape index (κ3) is 3.64. The van der Waals surface area contributed by atoms with Crippen molar-refractivity contribution in [3.05, 3.63) is 57.9 Å². The van der Waals surface area contributed by atoms with E-state index in [1.165, 1.54) is 0 Å². The summed E-state index contributed by atoms with van der Waals surface area (Å²) < 4.78 is 79.7. The molecule has 0 bridgehead atoms. The average molecular weight is 393 g/mol. The van der Waals surface area contributed by atoms with Crippen molar-refractivity contribution in [2.75, 3.05) is 0 Å². The van der Waals surface area contributed by atoms with Gasteiger partial charge < -0.3 is 4.74 Å². The molecule has 138 valence electrons. The van der Waals surface area contributed by atoms with E-state index in [4.69, 9.17) is 4.74 Å². The van der Waals surface area contributed by atoms with Crippen LogP contribution in [0.2, 0.25) is 0 Å². The zero-order valence-electron chi connectivity index (χ0n) is 12.4. The maximum atomic E-state index is 13.3. The van der Waals surface area contributed by atoms with Crippen LogP contribution in [-0.4, -0.2) is 25.1 Å². The van der Waals surface area contributed by atoms with Crippen LogP contribution in [0.15, 0.2) is 41.3 Å². The Balaban J connectivity index is 2.66. The van der Waals surface area contributed by atoms with E-state index in [1.54, 1.807) is 0 Å². The van der Waals surface area contributed by atoms with Crippen molar-refractivity contribution in [3.63, 3.8) is 0 Å². The number of carbonyl (C=O) groups is 1. The highest BCUT2D eigenvalue weighted by Gasteiger charge is 2.48. The molecule has 0 aliphatic rings. The largest absolute Gasteiger partial charge is 0.502 e. The lowest BCUT2D eigenvalue weighted by Gasteiger charge is -2.14. The van der Waals surface area contributed by atoms with Crippen LogP contribution in [0.3, 0.4) is 0 Å². The highest BCUT2D eigenvalue weighted by molar-refractivity contribution is 7.92. The minimum Gasteiger partial charge on any atom is -0.449 e. The molecule has 0 saturated heterocycles. The zero-order valence-corrected chi connectivity index (χ0v) is 13.2. The number of rotatable bonds is 5. The van der Waals surface area contributed by atoms with Gasteiger partial charge in [-0.15, -0.1) is 0 Å². The van der Waals surface area contributed by atoms with Crippen LogP contribution in [0.5, 0.6) is 11.5 Å². The van der Waals surface area contributed by atoms with Gasteiger partial charge in [0.2, 0.25) is 5.75 Å². The maximum absolute atomic E-state index is 13.3. The van der Waals surface area contributed by atoms with Crippen LogP contribution < -0.4 is 4.74 Å². The number of nitro groups is 1. The number of nitrogens with zero attached hydrogens (tertiary/aromatic N) is 1. The molecule has 0 saturated carbocycles. The van der Waals surface area contributed by atoms with Gasteiger partial charge in [0.15, 0.2) is 0 Å². The number of halogens is 4. The van der Waals surface area contributed by atoms with E-state index >= 15 is 0 Å². The number of sulfone groups is 1. The lowest BCUT2D eigenvalue weighted by atomic mass is 10.2. The molecule has 0 aliphatic heterocycles. The van der Waals surface area contributed by atoms with Crippen LogP contribution in [0.4, 0.5) is 23.2 Å². The fraction of sp³-hybridized carbons (Fsp3) is 0.0714. The molecule has 0 atom stereocenters. The molecule has 0 spiro atoms. The van der Waals surface area contributed by atoms with Gasteiger partial charge in [-0.05, 0) is 30.3 Å². The molecule has 2 aromatic carbocycles. The predicted molar refractivity (Wildman–Crippen MR) is 78.2 cm³/mol. The standard InChI is InChI=1S/C14H7F4NO6S/c15-9-2-4-11(13(6-9)26(23,24)14(16,17)18)25-12-5-8(7-20)1-3-10(12)19(21)22/h1-7H. The van der Waals surface area contributed by atoms with Crippen molar-refractivity contribution in [2.24, 2.45) is 0 Å². The van der Waals surface area contributed by atoms with E-state index in [1.807, 2.05) is 0 Å². The summed E-state index contributed by atoms with van der Waals surface area (Å²) in [6.45, 7) is 0. The molecule has 0 aromatic heterocycles. The second-order valence-corrected chi connectivity index (χ2v) is 6.65. The van der Waals surface area contributed by atoms with Crippen LogP contribution in [0.1, 0.15) is 10.4 Å². The number of nitro benzene ring substituents is 1. The molecule has 2 rings (SSSR count). The topological polar surface area (TPSA) is 104 Å². The Hall–Kier alpha value is -3.02. The first-order valence-corrected chi connectivity index (χ1v) is 7.98. The van der Waals surface area contributed by atoms with Crippen molar-refractivity contribution in [2.45, 2.75) is 10.4 Å². The zero-order chi connectivity index (χ0) is 19.7. The fourth-order valence-corrected chi connectivity index (χ4v) is 2.75. The normalized spacial score (nSPS) is 11.8. The first-order chi connectivity index (χ1) is 12.0. The van der Waals surface area contributed by atoms with Gasteiger partial charge in [0.05, 0.1) is 4.92 Å². The van der Waals surface area contributed by atoms with Crippen LogP contribution in [0.25, 0.3) is 0 Å². The first kappa shape index (κ1) is 19.3. The molecule has 0 aliphatic carbocycles. The molecule has 7 nitrogen and oxygen atoms in total. The molecule has 12 heteroatoms. The number of benzene rings is 2. The molecule has 0 unspecified atom stereocenters.